The summed E-state index contributed by atoms with van der Waals surface area (Å²) >= 11 is 0. The van der Waals surface area contributed by atoms with Crippen LogP contribution in [0.25, 0.3) is 0 Å². The fourth-order valence-electron chi connectivity index (χ4n) is 1.50. The number of rotatable bonds is 3. The van der Waals surface area contributed by atoms with Gasteiger partial charge in [0.1, 0.15) is 0 Å². The first kappa shape index (κ1) is 9.52. The van der Waals surface area contributed by atoms with Gasteiger partial charge in [0.2, 0.25) is 0 Å². The Labute approximate surface area is 76.6 Å². The zero-order valence-electron chi connectivity index (χ0n) is 8.30. The summed E-state index contributed by atoms with van der Waals surface area (Å²) in [4.78, 5) is 0. The largest absolute Gasteiger partial charge is 0.0831 e. The van der Waals surface area contributed by atoms with Crippen LogP contribution in [0, 0.1) is 0 Å². The molecule has 0 spiro atoms. The Morgan fingerprint density at radius 2 is 1.50 bits per heavy atom. The summed E-state index contributed by atoms with van der Waals surface area (Å²) in [5.41, 5.74) is 0. The Balaban J connectivity index is 2.95. The first-order chi connectivity index (χ1) is 5.73. The molecule has 0 atom stereocenters. The monoisotopic (exact) mass is 178 g/mol. The highest BCUT2D eigenvalue weighted by Gasteiger charge is 2.23. The van der Waals surface area contributed by atoms with Gasteiger partial charge in [0, 0.05) is 0 Å². The minimum atomic E-state index is -1.07. The Morgan fingerprint density at radius 3 is 1.92 bits per heavy atom. The molecule has 0 saturated heterocycles. The minimum absolute atomic E-state index is 1.07. The van der Waals surface area contributed by atoms with Gasteiger partial charge in [-0.15, -0.1) is 0 Å². The Morgan fingerprint density at radius 1 is 1.00 bits per heavy atom. The molecule has 0 heterocycles. The summed E-state index contributed by atoms with van der Waals surface area (Å²) < 4.78 is 0. The predicted octanol–water partition coefficient (Wildman–Crippen LogP) is 3.01. The van der Waals surface area contributed by atoms with Crippen molar-refractivity contribution in [2.45, 2.75) is 32.5 Å². The number of hydrogen-bond donors (Lipinski definition) is 0. The van der Waals surface area contributed by atoms with E-state index in [1.807, 2.05) is 0 Å². The van der Waals surface area contributed by atoms with Gasteiger partial charge in [0.05, 0.1) is 8.07 Å². The van der Waals surface area contributed by atoms with E-state index in [0.717, 1.165) is 0 Å². The molecule has 0 aliphatic heterocycles. The van der Waals surface area contributed by atoms with E-state index in [1.54, 1.807) is 5.19 Å². The van der Waals surface area contributed by atoms with Gasteiger partial charge in [-0.2, -0.15) is 0 Å². The highest BCUT2D eigenvalue weighted by atomic mass is 28.3. The van der Waals surface area contributed by atoms with Crippen LogP contribution in [0.5, 0.6) is 0 Å². The smallest absolute Gasteiger partial charge is 0.0675 e. The lowest BCUT2D eigenvalue weighted by atomic mass is 10.4. The Hall–Kier alpha value is -0.563. The minimum Gasteiger partial charge on any atom is -0.0675 e. The fourth-order valence-corrected chi connectivity index (χ4v) is 3.81. The normalized spacial score (nSPS) is 11.6. The third-order valence-electron chi connectivity index (χ3n) is 3.03. The molecule has 0 radical (unpaired) electrons. The second-order valence-electron chi connectivity index (χ2n) is 3.63. The zero-order valence-corrected chi connectivity index (χ0v) is 9.30. The lowest BCUT2D eigenvalue weighted by molar-refractivity contribution is 1.27. The van der Waals surface area contributed by atoms with Crippen molar-refractivity contribution in [3.63, 3.8) is 0 Å². The van der Waals surface area contributed by atoms with Gasteiger partial charge in [-0.3, -0.25) is 0 Å². The van der Waals surface area contributed by atoms with E-state index in [2.05, 4.69) is 50.7 Å². The van der Waals surface area contributed by atoms with E-state index >= 15 is 0 Å². The van der Waals surface area contributed by atoms with Crippen molar-refractivity contribution in [1.29, 1.82) is 0 Å². The highest BCUT2D eigenvalue weighted by molar-refractivity contribution is 6.90. The molecule has 0 aliphatic carbocycles. The highest BCUT2D eigenvalue weighted by Crippen LogP contribution is 2.13. The van der Waals surface area contributed by atoms with Crippen molar-refractivity contribution in [3.8, 4) is 0 Å². The fraction of sp³-hybridized carbons (Fsp3) is 0.455. The molecule has 0 bridgehead atoms. The van der Waals surface area contributed by atoms with Crippen LogP contribution in [0.1, 0.15) is 13.8 Å². The molecule has 0 amide bonds. The number of hydrogen-bond acceptors (Lipinski definition) is 0. The molecule has 0 aliphatic rings. The SMILES string of the molecule is CC[Si](C)(CC)c1ccccc1. The van der Waals surface area contributed by atoms with Crippen LogP contribution in [-0.2, 0) is 0 Å². The lowest BCUT2D eigenvalue weighted by Gasteiger charge is -2.24. The maximum atomic E-state index is 2.47. The third kappa shape index (κ3) is 1.78. The van der Waals surface area contributed by atoms with Crippen LogP contribution in [0.2, 0.25) is 18.6 Å². The molecule has 1 rings (SSSR count). The quantitative estimate of drug-likeness (QED) is 0.624. The molecule has 66 valence electrons. The van der Waals surface area contributed by atoms with Crippen molar-refractivity contribution in [1.82, 2.24) is 0 Å². The van der Waals surface area contributed by atoms with E-state index < -0.39 is 8.07 Å². The average Bonchev–Trinajstić information content (AvgIpc) is 2.18. The summed E-state index contributed by atoms with van der Waals surface area (Å²) in [7, 11) is -1.07. The van der Waals surface area contributed by atoms with Crippen LogP contribution in [0.3, 0.4) is 0 Å². The van der Waals surface area contributed by atoms with Crippen molar-refractivity contribution in [2.24, 2.45) is 0 Å². The van der Waals surface area contributed by atoms with Crippen LogP contribution in [-0.4, -0.2) is 8.07 Å². The molecular formula is C11H18Si. The Kier molecular flexibility index (Phi) is 3.10. The zero-order chi connectivity index (χ0) is 9.03. The maximum Gasteiger partial charge on any atom is 0.0831 e. The molecular weight excluding hydrogens is 160 g/mol. The maximum absolute atomic E-state index is 2.47. The van der Waals surface area contributed by atoms with Crippen molar-refractivity contribution < 1.29 is 0 Å². The van der Waals surface area contributed by atoms with Crippen molar-refractivity contribution in [3.05, 3.63) is 30.3 Å². The van der Waals surface area contributed by atoms with Gasteiger partial charge in [-0.1, -0.05) is 68.0 Å². The molecule has 0 saturated carbocycles. The lowest BCUT2D eigenvalue weighted by Crippen LogP contribution is -2.42. The van der Waals surface area contributed by atoms with E-state index in [9.17, 15) is 0 Å². The predicted molar refractivity (Wildman–Crippen MR) is 58.7 cm³/mol. The van der Waals surface area contributed by atoms with Crippen LogP contribution >= 0.6 is 0 Å². The van der Waals surface area contributed by atoms with E-state index in [1.165, 1.54) is 12.1 Å². The van der Waals surface area contributed by atoms with Gasteiger partial charge in [0.25, 0.3) is 0 Å². The standard InChI is InChI=1S/C11H18Si/c1-4-12(3,5-2)11-9-7-6-8-10-11/h6-10H,4-5H2,1-3H3. The van der Waals surface area contributed by atoms with Gasteiger partial charge < -0.3 is 0 Å². The van der Waals surface area contributed by atoms with Gasteiger partial charge >= 0.3 is 0 Å². The van der Waals surface area contributed by atoms with Crippen LogP contribution in [0.15, 0.2) is 30.3 Å². The molecule has 1 aromatic rings. The molecule has 0 nitrogen and oxygen atoms in total. The summed E-state index contributed by atoms with van der Waals surface area (Å²) in [5, 5.41) is 1.61. The summed E-state index contributed by atoms with van der Waals surface area (Å²) in [6.45, 7) is 7.12. The first-order valence-corrected chi connectivity index (χ1v) is 7.70. The molecule has 1 heteroatoms. The summed E-state index contributed by atoms with van der Waals surface area (Å²) in [5.74, 6) is 0. The van der Waals surface area contributed by atoms with E-state index in [0.29, 0.717) is 0 Å². The molecule has 0 unspecified atom stereocenters. The van der Waals surface area contributed by atoms with Gasteiger partial charge in [0.15, 0.2) is 0 Å². The molecule has 0 fully saturated rings. The topological polar surface area (TPSA) is 0 Å². The molecule has 12 heavy (non-hydrogen) atoms. The van der Waals surface area contributed by atoms with Crippen molar-refractivity contribution >= 4 is 13.3 Å². The second-order valence-corrected chi connectivity index (χ2v) is 8.75. The Bertz CT molecular complexity index is 224. The van der Waals surface area contributed by atoms with Crippen LogP contribution in [0.4, 0.5) is 0 Å². The molecule has 1 aromatic carbocycles. The van der Waals surface area contributed by atoms with E-state index in [-0.39, 0.29) is 0 Å². The van der Waals surface area contributed by atoms with Crippen LogP contribution < -0.4 is 5.19 Å². The number of benzene rings is 1. The second kappa shape index (κ2) is 3.90. The average molecular weight is 178 g/mol. The summed E-state index contributed by atoms with van der Waals surface area (Å²) in [6, 6.07) is 13.7. The molecule has 0 N–H and O–H groups in total. The summed E-state index contributed by atoms with van der Waals surface area (Å²) in [6.07, 6.45) is 0. The third-order valence-corrected chi connectivity index (χ3v) is 7.88. The van der Waals surface area contributed by atoms with Gasteiger partial charge in [-0.05, 0) is 0 Å². The first-order valence-electron chi connectivity index (χ1n) is 4.78. The van der Waals surface area contributed by atoms with E-state index in [4.69, 9.17) is 0 Å². The van der Waals surface area contributed by atoms with Crippen molar-refractivity contribution in [2.75, 3.05) is 0 Å². The molecule has 0 aromatic heterocycles. The van der Waals surface area contributed by atoms with Gasteiger partial charge in [-0.25, -0.2) is 0 Å².